The van der Waals surface area contributed by atoms with Gasteiger partial charge in [0, 0.05) is 18.4 Å². The van der Waals surface area contributed by atoms with Crippen LogP contribution in [0.3, 0.4) is 0 Å². The lowest BCUT2D eigenvalue weighted by Gasteiger charge is -2.38. The zero-order chi connectivity index (χ0) is 15.0. The van der Waals surface area contributed by atoms with Crippen molar-refractivity contribution in [2.45, 2.75) is 31.6 Å². The van der Waals surface area contributed by atoms with Gasteiger partial charge in [-0.05, 0) is 18.9 Å². The van der Waals surface area contributed by atoms with E-state index in [2.05, 4.69) is 6.07 Å². The summed E-state index contributed by atoms with van der Waals surface area (Å²) in [4.78, 5) is 12.5. The number of hydrogen-bond donors (Lipinski definition) is 1. The smallest absolute Gasteiger partial charge is 0.205 e. The molecule has 21 heavy (non-hydrogen) atoms. The van der Waals surface area contributed by atoms with Crippen LogP contribution in [0.4, 0.5) is 0 Å². The van der Waals surface area contributed by atoms with E-state index in [1.165, 1.54) is 0 Å². The molecule has 0 amide bonds. The van der Waals surface area contributed by atoms with Gasteiger partial charge in [0.15, 0.2) is 5.78 Å². The lowest BCUT2D eigenvalue weighted by molar-refractivity contribution is -0.117. The molecular weight excluding hydrogens is 264 g/mol. The first-order valence-corrected chi connectivity index (χ1v) is 6.99. The summed E-state index contributed by atoms with van der Waals surface area (Å²) in [5.74, 6) is 0.772. The minimum absolute atomic E-state index is 0.0443. The van der Waals surface area contributed by atoms with Gasteiger partial charge >= 0.3 is 0 Å². The van der Waals surface area contributed by atoms with E-state index in [9.17, 15) is 10.1 Å². The second kappa shape index (κ2) is 4.78. The first kappa shape index (κ1) is 13.4. The van der Waals surface area contributed by atoms with E-state index in [1.807, 2.05) is 37.3 Å². The molecule has 0 fully saturated rings. The molecule has 0 radical (unpaired) electrons. The molecule has 2 aliphatic rings. The maximum atomic E-state index is 12.5. The Balaban J connectivity index is 2.30. The topological polar surface area (TPSA) is 76.1 Å². The Labute approximate surface area is 123 Å². The molecule has 4 heteroatoms. The van der Waals surface area contributed by atoms with Crippen LogP contribution in [0, 0.1) is 11.3 Å². The highest BCUT2D eigenvalue weighted by Gasteiger charge is 2.47. The Morgan fingerprint density at radius 1 is 1.29 bits per heavy atom. The molecule has 1 atom stereocenters. The summed E-state index contributed by atoms with van der Waals surface area (Å²) in [6, 6.07) is 11.7. The molecule has 0 spiro atoms. The van der Waals surface area contributed by atoms with Gasteiger partial charge < -0.3 is 10.5 Å². The van der Waals surface area contributed by atoms with Gasteiger partial charge in [-0.2, -0.15) is 5.26 Å². The van der Waals surface area contributed by atoms with Crippen LogP contribution >= 0.6 is 0 Å². The summed E-state index contributed by atoms with van der Waals surface area (Å²) in [7, 11) is 0. The molecule has 1 aliphatic heterocycles. The molecule has 1 heterocycles. The minimum Gasteiger partial charge on any atom is -0.444 e. The van der Waals surface area contributed by atoms with Gasteiger partial charge in [-0.3, -0.25) is 4.79 Å². The van der Waals surface area contributed by atoms with Crippen LogP contribution in [0.2, 0.25) is 0 Å². The zero-order valence-electron chi connectivity index (χ0n) is 11.8. The number of Topliss-reactive ketones (excluding diaryl/α,β-unsaturated/α-hetero) is 1. The Morgan fingerprint density at radius 3 is 2.67 bits per heavy atom. The summed E-state index contributed by atoms with van der Waals surface area (Å²) in [6.07, 6.45) is 1.93. The molecule has 106 valence electrons. The molecule has 1 aromatic carbocycles. The third kappa shape index (κ3) is 1.85. The van der Waals surface area contributed by atoms with Crippen LogP contribution in [0.25, 0.3) is 0 Å². The lowest BCUT2D eigenvalue weighted by atomic mass is 9.66. The fourth-order valence-corrected chi connectivity index (χ4v) is 3.26. The highest BCUT2D eigenvalue weighted by Crippen LogP contribution is 2.47. The van der Waals surface area contributed by atoms with Crippen molar-refractivity contribution < 1.29 is 9.53 Å². The van der Waals surface area contributed by atoms with Crippen molar-refractivity contribution in [3.8, 4) is 6.07 Å². The van der Waals surface area contributed by atoms with Gasteiger partial charge in [-0.15, -0.1) is 0 Å². The molecule has 3 rings (SSSR count). The van der Waals surface area contributed by atoms with Crippen molar-refractivity contribution in [3.05, 3.63) is 58.7 Å². The normalized spacial score (nSPS) is 25.2. The lowest BCUT2D eigenvalue weighted by Crippen LogP contribution is -2.39. The zero-order valence-corrected chi connectivity index (χ0v) is 11.8. The quantitative estimate of drug-likeness (QED) is 0.858. The molecule has 2 N–H and O–H groups in total. The van der Waals surface area contributed by atoms with Crippen LogP contribution in [-0.4, -0.2) is 5.78 Å². The number of ether oxygens (including phenoxy) is 1. The van der Waals surface area contributed by atoms with Crippen molar-refractivity contribution in [3.63, 3.8) is 0 Å². The number of nitriles is 1. The van der Waals surface area contributed by atoms with Gasteiger partial charge in [0.1, 0.15) is 17.4 Å². The number of nitrogens with zero attached hydrogens (tertiary/aromatic N) is 1. The number of nitrogens with two attached hydrogens (primary N) is 1. The van der Waals surface area contributed by atoms with Crippen molar-refractivity contribution in [2.75, 3.05) is 0 Å². The van der Waals surface area contributed by atoms with Gasteiger partial charge in [0.05, 0.1) is 5.41 Å². The van der Waals surface area contributed by atoms with Crippen LogP contribution in [-0.2, 0) is 14.9 Å². The molecule has 1 aromatic rings. The molecular formula is C17H16N2O2. The van der Waals surface area contributed by atoms with E-state index in [0.29, 0.717) is 29.7 Å². The number of carbonyl (C=O) groups is 1. The number of rotatable bonds is 1. The van der Waals surface area contributed by atoms with Crippen molar-refractivity contribution in [2.24, 2.45) is 5.73 Å². The maximum absolute atomic E-state index is 12.5. The van der Waals surface area contributed by atoms with Crippen LogP contribution in [0.15, 0.2) is 53.1 Å². The summed E-state index contributed by atoms with van der Waals surface area (Å²) < 4.78 is 5.57. The van der Waals surface area contributed by atoms with Crippen molar-refractivity contribution >= 4 is 5.78 Å². The Kier molecular flexibility index (Phi) is 3.06. The van der Waals surface area contributed by atoms with Crippen LogP contribution in [0.5, 0.6) is 0 Å². The number of hydrogen-bond acceptors (Lipinski definition) is 4. The van der Waals surface area contributed by atoms with E-state index >= 15 is 0 Å². The van der Waals surface area contributed by atoms with E-state index in [4.69, 9.17) is 10.5 Å². The van der Waals surface area contributed by atoms with E-state index < -0.39 is 5.41 Å². The third-order valence-corrected chi connectivity index (χ3v) is 4.31. The number of benzene rings is 1. The first-order chi connectivity index (χ1) is 10.1. The Morgan fingerprint density at radius 2 is 2.00 bits per heavy atom. The number of carbonyl (C=O) groups excluding carboxylic acids is 1. The monoisotopic (exact) mass is 280 g/mol. The fraction of sp³-hybridized carbons (Fsp3) is 0.294. The SMILES string of the molecule is C[C@@]1(c2ccccc2)C(C#N)=C(N)OC2=C1C(=O)CCC2. The first-order valence-electron chi connectivity index (χ1n) is 6.99. The van der Waals surface area contributed by atoms with E-state index in [-0.39, 0.29) is 11.7 Å². The number of ketones is 1. The van der Waals surface area contributed by atoms with E-state index in [1.54, 1.807) is 0 Å². The molecule has 4 nitrogen and oxygen atoms in total. The van der Waals surface area contributed by atoms with Crippen LogP contribution in [0.1, 0.15) is 31.7 Å². The molecule has 0 saturated heterocycles. The highest BCUT2D eigenvalue weighted by molar-refractivity contribution is 6.00. The third-order valence-electron chi connectivity index (χ3n) is 4.31. The largest absolute Gasteiger partial charge is 0.444 e. The van der Waals surface area contributed by atoms with Crippen LogP contribution < -0.4 is 5.73 Å². The second-order valence-electron chi connectivity index (χ2n) is 5.52. The van der Waals surface area contributed by atoms with Gasteiger partial charge in [-0.1, -0.05) is 30.3 Å². The average Bonchev–Trinajstić information content (AvgIpc) is 2.48. The maximum Gasteiger partial charge on any atom is 0.205 e. The van der Waals surface area contributed by atoms with Gasteiger partial charge in [-0.25, -0.2) is 0 Å². The standard InChI is InChI=1S/C17H16N2O2/c1-17(11-6-3-2-4-7-11)12(10-18)16(19)21-14-9-5-8-13(20)15(14)17/h2-4,6-7H,5,8-9,19H2,1H3/t17-/m1/s1. The predicted octanol–water partition coefficient (Wildman–Crippen LogP) is 2.68. The molecule has 0 saturated carbocycles. The Hall–Kier alpha value is -2.54. The van der Waals surface area contributed by atoms with E-state index in [0.717, 1.165) is 12.0 Å². The summed E-state index contributed by atoms with van der Waals surface area (Å²) in [5.41, 5.74) is 6.90. The Bertz CT molecular complexity index is 710. The summed E-state index contributed by atoms with van der Waals surface area (Å²) in [5, 5.41) is 9.53. The molecule has 0 aromatic heterocycles. The predicted molar refractivity (Wildman–Crippen MR) is 77.6 cm³/mol. The van der Waals surface area contributed by atoms with Gasteiger partial charge in [0.25, 0.3) is 0 Å². The summed E-state index contributed by atoms with van der Waals surface area (Å²) >= 11 is 0. The van der Waals surface area contributed by atoms with Crippen molar-refractivity contribution in [1.82, 2.24) is 0 Å². The van der Waals surface area contributed by atoms with Crippen molar-refractivity contribution in [1.29, 1.82) is 5.26 Å². The highest BCUT2D eigenvalue weighted by atomic mass is 16.5. The average molecular weight is 280 g/mol. The second-order valence-corrected chi connectivity index (χ2v) is 5.52. The fourth-order valence-electron chi connectivity index (χ4n) is 3.26. The molecule has 0 bridgehead atoms. The molecule has 0 unspecified atom stereocenters. The minimum atomic E-state index is -0.828. The summed E-state index contributed by atoms with van der Waals surface area (Å²) in [6.45, 7) is 1.88. The van der Waals surface area contributed by atoms with Gasteiger partial charge in [0.2, 0.25) is 5.88 Å². The molecule has 1 aliphatic carbocycles. The number of allylic oxidation sites excluding steroid dienone is 3.